The van der Waals surface area contributed by atoms with Crippen molar-refractivity contribution in [3.05, 3.63) is 0 Å². The van der Waals surface area contributed by atoms with Gasteiger partial charge in [0, 0.05) is 0 Å². The molecule has 1 unspecified atom stereocenters. The quantitative estimate of drug-likeness (QED) is 0.419. The molecule has 0 saturated carbocycles. The number of nitrogens with two attached hydrogens (primary N) is 1. The predicted molar refractivity (Wildman–Crippen MR) is 28.7 cm³/mol. The fraction of sp³-hybridized carbons (Fsp3) is 0.750. The van der Waals surface area contributed by atoms with Crippen LogP contribution in [0.3, 0.4) is 0 Å². The Morgan fingerprint density at radius 1 is 1.89 bits per heavy atom. The SMILES string of the molecule is CC(COC(=O)O)ON. The van der Waals surface area contributed by atoms with Gasteiger partial charge < -0.3 is 9.84 Å². The van der Waals surface area contributed by atoms with E-state index in [1.54, 1.807) is 6.92 Å². The highest BCUT2D eigenvalue weighted by atomic mass is 16.7. The first-order chi connectivity index (χ1) is 4.16. The minimum Gasteiger partial charge on any atom is -0.450 e. The van der Waals surface area contributed by atoms with Gasteiger partial charge in [-0.3, -0.25) is 4.84 Å². The fourth-order valence-electron chi connectivity index (χ4n) is 0.228. The number of hydrogen-bond donors (Lipinski definition) is 2. The van der Waals surface area contributed by atoms with E-state index < -0.39 is 6.16 Å². The molecule has 9 heavy (non-hydrogen) atoms. The lowest BCUT2D eigenvalue weighted by atomic mass is 10.4. The van der Waals surface area contributed by atoms with Gasteiger partial charge in [-0.25, -0.2) is 10.7 Å². The molecule has 5 heteroatoms. The Morgan fingerprint density at radius 2 is 2.44 bits per heavy atom. The predicted octanol–water partition coefficient (Wildman–Crippen LogP) is -0.0402. The van der Waals surface area contributed by atoms with Crippen LogP contribution < -0.4 is 5.90 Å². The second kappa shape index (κ2) is 4.11. The molecule has 0 aliphatic rings. The van der Waals surface area contributed by atoms with Crippen molar-refractivity contribution in [2.45, 2.75) is 13.0 Å². The molecular weight excluding hydrogens is 126 g/mol. The number of rotatable bonds is 3. The maximum atomic E-state index is 9.70. The van der Waals surface area contributed by atoms with Gasteiger partial charge >= 0.3 is 6.16 Å². The van der Waals surface area contributed by atoms with Crippen LogP contribution in [0.1, 0.15) is 6.92 Å². The second-order valence-electron chi connectivity index (χ2n) is 1.52. The second-order valence-corrected chi connectivity index (χ2v) is 1.52. The van der Waals surface area contributed by atoms with E-state index in [0.29, 0.717) is 0 Å². The summed E-state index contributed by atoms with van der Waals surface area (Å²) < 4.78 is 4.11. The monoisotopic (exact) mass is 135 g/mol. The zero-order chi connectivity index (χ0) is 7.28. The van der Waals surface area contributed by atoms with E-state index in [0.717, 1.165) is 0 Å². The van der Waals surface area contributed by atoms with Crippen LogP contribution >= 0.6 is 0 Å². The van der Waals surface area contributed by atoms with Crippen molar-refractivity contribution >= 4 is 6.16 Å². The maximum Gasteiger partial charge on any atom is 0.505 e. The van der Waals surface area contributed by atoms with Gasteiger partial charge in [0.15, 0.2) is 0 Å². The highest BCUT2D eigenvalue weighted by molar-refractivity contribution is 5.56. The molecule has 0 radical (unpaired) electrons. The van der Waals surface area contributed by atoms with E-state index in [4.69, 9.17) is 5.11 Å². The first-order valence-corrected chi connectivity index (χ1v) is 2.38. The topological polar surface area (TPSA) is 81.8 Å². The fourth-order valence-corrected chi connectivity index (χ4v) is 0.228. The van der Waals surface area contributed by atoms with E-state index in [9.17, 15) is 4.79 Å². The van der Waals surface area contributed by atoms with Gasteiger partial charge in [0.25, 0.3) is 0 Å². The summed E-state index contributed by atoms with van der Waals surface area (Å²) in [6, 6.07) is 0. The smallest absolute Gasteiger partial charge is 0.450 e. The average molecular weight is 135 g/mol. The van der Waals surface area contributed by atoms with Crippen molar-refractivity contribution in [1.82, 2.24) is 0 Å². The molecule has 5 nitrogen and oxygen atoms in total. The largest absolute Gasteiger partial charge is 0.505 e. The van der Waals surface area contributed by atoms with Gasteiger partial charge in [0.1, 0.15) is 12.7 Å². The Balaban J connectivity index is 3.16. The molecule has 0 rings (SSSR count). The van der Waals surface area contributed by atoms with Crippen LogP contribution in [-0.4, -0.2) is 24.0 Å². The summed E-state index contributed by atoms with van der Waals surface area (Å²) in [7, 11) is 0. The molecule has 3 N–H and O–H groups in total. The van der Waals surface area contributed by atoms with Crippen LogP contribution in [0.4, 0.5) is 4.79 Å². The summed E-state index contributed by atoms with van der Waals surface area (Å²) in [4.78, 5) is 13.9. The molecule has 0 aliphatic carbocycles. The van der Waals surface area contributed by atoms with E-state index in [-0.39, 0.29) is 12.7 Å². The Labute approximate surface area is 52.3 Å². The van der Waals surface area contributed by atoms with Gasteiger partial charge in [-0.05, 0) is 6.92 Å². The molecule has 0 spiro atoms. The van der Waals surface area contributed by atoms with Crippen LogP contribution in [0.15, 0.2) is 0 Å². The van der Waals surface area contributed by atoms with Crippen LogP contribution in [0.5, 0.6) is 0 Å². The third-order valence-electron chi connectivity index (χ3n) is 0.674. The normalized spacial score (nSPS) is 12.7. The van der Waals surface area contributed by atoms with Gasteiger partial charge in [-0.15, -0.1) is 0 Å². The molecule has 0 heterocycles. The van der Waals surface area contributed by atoms with Gasteiger partial charge in [0.05, 0.1) is 0 Å². The Hall–Kier alpha value is -0.810. The number of ether oxygens (including phenoxy) is 1. The molecule has 0 aromatic carbocycles. The van der Waals surface area contributed by atoms with Crippen LogP contribution in [0.25, 0.3) is 0 Å². The van der Waals surface area contributed by atoms with Crippen molar-refractivity contribution < 1.29 is 19.5 Å². The molecule has 0 saturated heterocycles. The van der Waals surface area contributed by atoms with E-state index in [1.807, 2.05) is 0 Å². The molecule has 54 valence electrons. The van der Waals surface area contributed by atoms with Gasteiger partial charge in [-0.2, -0.15) is 0 Å². The van der Waals surface area contributed by atoms with E-state index in [1.165, 1.54) is 0 Å². The highest BCUT2D eigenvalue weighted by Gasteiger charge is 2.02. The number of carboxylic acid groups (broad SMARTS) is 1. The molecule has 0 amide bonds. The van der Waals surface area contributed by atoms with E-state index in [2.05, 4.69) is 15.5 Å². The van der Waals surface area contributed by atoms with Crippen molar-refractivity contribution in [2.75, 3.05) is 6.61 Å². The third-order valence-corrected chi connectivity index (χ3v) is 0.674. The molecule has 0 bridgehead atoms. The Morgan fingerprint density at radius 3 is 2.78 bits per heavy atom. The first kappa shape index (κ1) is 8.19. The van der Waals surface area contributed by atoms with Crippen molar-refractivity contribution in [3.63, 3.8) is 0 Å². The standard InChI is InChI=1S/C4H9NO4/c1-3(9-5)2-8-4(6)7/h3H,2,5H2,1H3,(H,6,7). The molecule has 1 atom stereocenters. The molecule has 0 aromatic heterocycles. The summed E-state index contributed by atoms with van der Waals surface area (Å²) in [6.45, 7) is 1.56. The van der Waals surface area contributed by atoms with Gasteiger partial charge in [-0.1, -0.05) is 0 Å². The lowest BCUT2D eigenvalue weighted by Gasteiger charge is -2.05. The van der Waals surface area contributed by atoms with Crippen molar-refractivity contribution in [2.24, 2.45) is 5.90 Å². The molecule has 0 aliphatic heterocycles. The summed E-state index contributed by atoms with van der Waals surface area (Å²) >= 11 is 0. The maximum absolute atomic E-state index is 9.70. The minimum absolute atomic E-state index is 0.0359. The lowest BCUT2D eigenvalue weighted by Crippen LogP contribution is -2.21. The minimum atomic E-state index is -1.32. The number of carbonyl (C=O) groups is 1. The molecular formula is C4H9NO4. The highest BCUT2D eigenvalue weighted by Crippen LogP contribution is 1.86. The summed E-state index contributed by atoms with van der Waals surface area (Å²) in [5.41, 5.74) is 0. The number of hydrogen-bond acceptors (Lipinski definition) is 4. The van der Waals surface area contributed by atoms with Crippen LogP contribution in [0, 0.1) is 0 Å². The molecule has 0 fully saturated rings. The van der Waals surface area contributed by atoms with Gasteiger partial charge in [0.2, 0.25) is 0 Å². The first-order valence-electron chi connectivity index (χ1n) is 2.38. The molecule has 0 aromatic rings. The zero-order valence-corrected chi connectivity index (χ0v) is 5.03. The van der Waals surface area contributed by atoms with Crippen molar-refractivity contribution in [3.8, 4) is 0 Å². The Bertz CT molecular complexity index is 94.6. The van der Waals surface area contributed by atoms with Crippen LogP contribution in [-0.2, 0) is 9.57 Å². The van der Waals surface area contributed by atoms with E-state index >= 15 is 0 Å². The third kappa shape index (κ3) is 5.05. The summed E-state index contributed by atoms with van der Waals surface area (Å²) in [5.74, 6) is 4.69. The zero-order valence-electron chi connectivity index (χ0n) is 5.03. The summed E-state index contributed by atoms with van der Waals surface area (Å²) in [6.07, 6.45) is -1.71. The summed E-state index contributed by atoms with van der Waals surface area (Å²) in [5, 5.41) is 7.94. The van der Waals surface area contributed by atoms with Crippen molar-refractivity contribution in [1.29, 1.82) is 0 Å². The average Bonchev–Trinajstić information content (AvgIpc) is 1.83. The Kier molecular flexibility index (Phi) is 3.74. The van der Waals surface area contributed by atoms with Crippen LogP contribution in [0.2, 0.25) is 0 Å². The lowest BCUT2D eigenvalue weighted by molar-refractivity contribution is 0.00138.